The fourth-order valence-electron chi connectivity index (χ4n) is 3.28. The van der Waals surface area contributed by atoms with Crippen LogP contribution in [0.25, 0.3) is 11.0 Å². The molecule has 0 radical (unpaired) electrons. The molecule has 4 heterocycles. The van der Waals surface area contributed by atoms with Gasteiger partial charge < -0.3 is 4.90 Å². The highest BCUT2D eigenvalue weighted by Gasteiger charge is 2.18. The molecule has 1 aliphatic rings. The number of hydrogen-bond donors (Lipinski definition) is 1. The molecule has 142 valence electrons. The van der Waals surface area contributed by atoms with E-state index in [1.54, 1.807) is 23.3 Å². The first kappa shape index (κ1) is 17.8. The van der Waals surface area contributed by atoms with Crippen molar-refractivity contribution in [3.05, 3.63) is 37.1 Å². The van der Waals surface area contributed by atoms with Crippen LogP contribution in [0.4, 0.5) is 5.82 Å². The fraction of sp³-hybridized carbons (Fsp3) is 0.412. The minimum atomic E-state index is -3.59. The summed E-state index contributed by atoms with van der Waals surface area (Å²) < 4.78 is 28.8. The van der Waals surface area contributed by atoms with Gasteiger partial charge in [-0.1, -0.05) is 0 Å². The van der Waals surface area contributed by atoms with E-state index in [9.17, 15) is 8.42 Å². The molecule has 10 heteroatoms. The SMILES string of the molecule is O=S(=O)(NCCn1ncc2c(N3CCCCC3)ncnc21)c1cccnc1. The third-order valence-corrected chi connectivity index (χ3v) is 6.07. The van der Waals surface area contributed by atoms with Crippen molar-refractivity contribution in [2.24, 2.45) is 0 Å². The van der Waals surface area contributed by atoms with Gasteiger partial charge in [0.05, 0.1) is 18.1 Å². The standard InChI is InChI=1S/C17H21N7O2S/c25-27(26,14-5-4-6-18-11-14)22-7-10-24-17-15(12-21-24)16(19-13-20-17)23-8-2-1-3-9-23/h4-6,11-13,22H,1-3,7-10H2. The van der Waals surface area contributed by atoms with Crippen LogP contribution in [0.3, 0.4) is 0 Å². The van der Waals surface area contributed by atoms with Gasteiger partial charge in [-0.25, -0.2) is 27.8 Å². The van der Waals surface area contributed by atoms with Crippen molar-refractivity contribution in [3.63, 3.8) is 0 Å². The topological polar surface area (TPSA) is 106 Å². The normalized spacial score (nSPS) is 15.3. The molecular weight excluding hydrogens is 366 g/mol. The van der Waals surface area contributed by atoms with E-state index in [0.717, 1.165) is 37.1 Å². The summed E-state index contributed by atoms with van der Waals surface area (Å²) in [6.45, 7) is 2.56. The van der Waals surface area contributed by atoms with Crippen molar-refractivity contribution in [1.82, 2.24) is 29.5 Å². The Morgan fingerprint density at radius 1 is 1.11 bits per heavy atom. The van der Waals surface area contributed by atoms with Crippen molar-refractivity contribution >= 4 is 26.9 Å². The van der Waals surface area contributed by atoms with E-state index in [-0.39, 0.29) is 11.4 Å². The van der Waals surface area contributed by atoms with Gasteiger partial charge in [0.15, 0.2) is 5.65 Å². The van der Waals surface area contributed by atoms with Crippen LogP contribution in [0, 0.1) is 0 Å². The molecule has 9 nitrogen and oxygen atoms in total. The highest BCUT2D eigenvalue weighted by molar-refractivity contribution is 7.89. The van der Waals surface area contributed by atoms with Gasteiger partial charge in [-0.05, 0) is 31.4 Å². The largest absolute Gasteiger partial charge is 0.356 e. The van der Waals surface area contributed by atoms with Crippen LogP contribution < -0.4 is 9.62 Å². The molecule has 1 N–H and O–H groups in total. The predicted molar refractivity (Wildman–Crippen MR) is 101 cm³/mol. The molecule has 0 bridgehead atoms. The number of fused-ring (bicyclic) bond motifs is 1. The van der Waals surface area contributed by atoms with E-state index in [2.05, 4.69) is 29.7 Å². The summed E-state index contributed by atoms with van der Waals surface area (Å²) in [5, 5.41) is 5.28. The summed E-state index contributed by atoms with van der Waals surface area (Å²) >= 11 is 0. The van der Waals surface area contributed by atoms with Crippen LogP contribution >= 0.6 is 0 Å². The second-order valence-electron chi connectivity index (χ2n) is 6.44. The van der Waals surface area contributed by atoms with Crippen LogP contribution in [0.1, 0.15) is 19.3 Å². The molecular formula is C17H21N7O2S. The Morgan fingerprint density at radius 2 is 1.96 bits per heavy atom. The van der Waals surface area contributed by atoms with Crippen LogP contribution in [-0.2, 0) is 16.6 Å². The number of sulfonamides is 1. The lowest BCUT2D eigenvalue weighted by Crippen LogP contribution is -2.30. The summed E-state index contributed by atoms with van der Waals surface area (Å²) in [4.78, 5) is 15.0. The van der Waals surface area contributed by atoms with Crippen molar-refractivity contribution in [3.8, 4) is 0 Å². The van der Waals surface area contributed by atoms with Crippen LogP contribution in [0.5, 0.6) is 0 Å². The third-order valence-electron chi connectivity index (χ3n) is 4.63. The monoisotopic (exact) mass is 387 g/mol. The zero-order valence-electron chi connectivity index (χ0n) is 14.8. The van der Waals surface area contributed by atoms with E-state index in [1.807, 2.05) is 0 Å². The average Bonchev–Trinajstić information content (AvgIpc) is 3.12. The second-order valence-corrected chi connectivity index (χ2v) is 8.20. The Morgan fingerprint density at radius 3 is 2.74 bits per heavy atom. The number of nitrogens with one attached hydrogen (secondary N) is 1. The Bertz CT molecular complexity index is 1010. The van der Waals surface area contributed by atoms with Gasteiger partial charge >= 0.3 is 0 Å². The number of anilines is 1. The molecule has 0 aliphatic carbocycles. The summed E-state index contributed by atoms with van der Waals surface area (Å²) in [6, 6.07) is 3.10. The molecule has 0 amide bonds. The molecule has 0 aromatic carbocycles. The number of hydrogen-bond acceptors (Lipinski definition) is 7. The Kier molecular flexibility index (Phi) is 4.99. The van der Waals surface area contributed by atoms with Gasteiger partial charge in [-0.2, -0.15) is 5.10 Å². The Labute approximate surface area is 157 Å². The number of nitrogens with zero attached hydrogens (tertiary/aromatic N) is 6. The van der Waals surface area contributed by atoms with Gasteiger partial charge in [-0.15, -0.1) is 0 Å². The Hall–Kier alpha value is -2.59. The molecule has 3 aromatic heterocycles. The summed E-state index contributed by atoms with van der Waals surface area (Å²) in [5.41, 5.74) is 0.714. The number of aromatic nitrogens is 5. The first-order valence-corrected chi connectivity index (χ1v) is 10.4. The second kappa shape index (κ2) is 7.57. The molecule has 0 unspecified atom stereocenters. The summed E-state index contributed by atoms with van der Waals surface area (Å²) in [6.07, 6.45) is 9.74. The third kappa shape index (κ3) is 3.76. The maximum Gasteiger partial charge on any atom is 0.242 e. The molecule has 27 heavy (non-hydrogen) atoms. The predicted octanol–water partition coefficient (Wildman–Crippen LogP) is 1.19. The molecule has 0 spiro atoms. The summed E-state index contributed by atoms with van der Waals surface area (Å²) in [5.74, 6) is 0.905. The average molecular weight is 387 g/mol. The highest BCUT2D eigenvalue weighted by Crippen LogP contribution is 2.25. The van der Waals surface area contributed by atoms with Gasteiger partial charge in [0, 0.05) is 32.0 Å². The molecule has 1 saturated heterocycles. The highest BCUT2D eigenvalue weighted by atomic mass is 32.2. The molecule has 1 aliphatic heterocycles. The van der Waals surface area contributed by atoms with Crippen molar-refractivity contribution in [2.45, 2.75) is 30.7 Å². The maximum atomic E-state index is 12.3. The zero-order chi connectivity index (χ0) is 18.7. The van der Waals surface area contributed by atoms with Crippen LogP contribution in [0.15, 0.2) is 41.9 Å². The summed E-state index contributed by atoms with van der Waals surface area (Å²) in [7, 11) is -3.59. The maximum absolute atomic E-state index is 12.3. The molecule has 3 aromatic rings. The molecule has 1 fully saturated rings. The van der Waals surface area contributed by atoms with E-state index < -0.39 is 10.0 Å². The lowest BCUT2D eigenvalue weighted by molar-refractivity contribution is 0.564. The van der Waals surface area contributed by atoms with Crippen molar-refractivity contribution in [2.75, 3.05) is 24.5 Å². The van der Waals surface area contributed by atoms with Gasteiger partial charge in [0.25, 0.3) is 0 Å². The lowest BCUT2D eigenvalue weighted by Gasteiger charge is -2.27. The molecule has 0 saturated carbocycles. The van der Waals surface area contributed by atoms with Crippen molar-refractivity contribution < 1.29 is 8.42 Å². The minimum Gasteiger partial charge on any atom is -0.356 e. The number of pyridine rings is 1. The first-order valence-electron chi connectivity index (χ1n) is 8.96. The minimum absolute atomic E-state index is 0.144. The number of rotatable bonds is 6. The molecule has 0 atom stereocenters. The zero-order valence-corrected chi connectivity index (χ0v) is 15.6. The van der Waals surface area contributed by atoms with E-state index in [0.29, 0.717) is 12.2 Å². The number of piperidine rings is 1. The molecule has 4 rings (SSSR count). The quantitative estimate of drug-likeness (QED) is 0.677. The van der Waals surface area contributed by atoms with Crippen LogP contribution in [0.2, 0.25) is 0 Å². The van der Waals surface area contributed by atoms with Crippen LogP contribution in [-0.4, -0.2) is 52.8 Å². The van der Waals surface area contributed by atoms with E-state index >= 15 is 0 Å². The van der Waals surface area contributed by atoms with Gasteiger partial charge in [-0.3, -0.25) is 4.98 Å². The van der Waals surface area contributed by atoms with E-state index in [4.69, 9.17) is 0 Å². The van der Waals surface area contributed by atoms with Gasteiger partial charge in [0.1, 0.15) is 17.0 Å². The van der Waals surface area contributed by atoms with Crippen molar-refractivity contribution in [1.29, 1.82) is 0 Å². The Balaban J connectivity index is 1.48. The first-order chi connectivity index (χ1) is 13.1. The lowest BCUT2D eigenvalue weighted by atomic mass is 10.1. The fourth-order valence-corrected chi connectivity index (χ4v) is 4.26. The van der Waals surface area contributed by atoms with E-state index in [1.165, 1.54) is 24.9 Å². The smallest absolute Gasteiger partial charge is 0.242 e. The van der Waals surface area contributed by atoms with Gasteiger partial charge in [0.2, 0.25) is 10.0 Å².